The Bertz CT molecular complexity index is 1440. The van der Waals surface area contributed by atoms with E-state index in [1.165, 1.54) is 11.1 Å². The minimum atomic E-state index is -0.294. The second kappa shape index (κ2) is 13.3. The van der Waals surface area contributed by atoms with E-state index in [4.69, 9.17) is 26.0 Å². The first kappa shape index (κ1) is 28.1. The van der Waals surface area contributed by atoms with Crippen molar-refractivity contribution in [2.75, 3.05) is 13.7 Å². The number of amides is 1. The number of hydrogen-bond donors (Lipinski definition) is 2. The fourth-order valence-corrected chi connectivity index (χ4v) is 4.53. The summed E-state index contributed by atoms with van der Waals surface area (Å²) in [7, 11) is 1.59. The van der Waals surface area contributed by atoms with Crippen LogP contribution >= 0.6 is 11.6 Å². The van der Waals surface area contributed by atoms with Gasteiger partial charge >= 0.3 is 0 Å². The number of methoxy groups -OCH3 is 1. The van der Waals surface area contributed by atoms with E-state index in [-0.39, 0.29) is 18.0 Å². The Morgan fingerprint density at radius 3 is 2.49 bits per heavy atom. The zero-order chi connectivity index (χ0) is 27.8. The number of benzene rings is 3. The van der Waals surface area contributed by atoms with Gasteiger partial charge < -0.3 is 19.8 Å². The largest absolute Gasteiger partial charge is 0.460 e. The standard InChI is InChI=1S/C32H32ClN3O3/c1-21-4-10-25(11-5-21)22(2)35-19-28-13-15-31(39-28)26-12-14-30(33)29(17-26)32(37)36-27(20-38-3)16-23-6-8-24(18-34)9-7-23/h4-15,17,22,27,35H,16,19-20H2,1-3H3,(H,36,37)/t22-,27-/m1/s1. The number of furan rings is 1. The molecule has 2 N–H and O–H groups in total. The molecule has 200 valence electrons. The van der Waals surface area contributed by atoms with Gasteiger partial charge in [0.2, 0.25) is 0 Å². The quantitative estimate of drug-likeness (QED) is 0.223. The van der Waals surface area contributed by atoms with Gasteiger partial charge in [-0.2, -0.15) is 5.26 Å². The van der Waals surface area contributed by atoms with Crippen molar-refractivity contribution in [1.82, 2.24) is 10.6 Å². The lowest BCUT2D eigenvalue weighted by Gasteiger charge is -2.19. The van der Waals surface area contributed by atoms with Crippen molar-refractivity contribution in [3.05, 3.63) is 117 Å². The maximum Gasteiger partial charge on any atom is 0.253 e. The Labute approximate surface area is 234 Å². The molecule has 7 heteroatoms. The Morgan fingerprint density at radius 1 is 1.05 bits per heavy atom. The molecule has 0 saturated carbocycles. The molecule has 2 atom stereocenters. The van der Waals surface area contributed by atoms with Gasteiger partial charge in [-0.25, -0.2) is 0 Å². The summed E-state index contributed by atoms with van der Waals surface area (Å²) in [6, 6.07) is 26.9. The number of ether oxygens (including phenoxy) is 1. The topological polar surface area (TPSA) is 87.3 Å². The van der Waals surface area contributed by atoms with Crippen molar-refractivity contribution in [3.63, 3.8) is 0 Å². The Kier molecular flexibility index (Phi) is 9.56. The van der Waals surface area contributed by atoms with Crippen LogP contribution in [0.25, 0.3) is 11.3 Å². The van der Waals surface area contributed by atoms with Crippen LogP contribution < -0.4 is 10.6 Å². The van der Waals surface area contributed by atoms with E-state index in [1.807, 2.05) is 30.3 Å². The average molecular weight is 542 g/mol. The molecule has 0 fully saturated rings. The van der Waals surface area contributed by atoms with Gasteiger partial charge in [0.25, 0.3) is 5.91 Å². The summed E-state index contributed by atoms with van der Waals surface area (Å²) >= 11 is 6.43. The molecule has 0 aliphatic carbocycles. The van der Waals surface area contributed by atoms with Crippen LogP contribution in [0.3, 0.4) is 0 Å². The van der Waals surface area contributed by atoms with Gasteiger partial charge in [-0.05, 0) is 73.9 Å². The number of halogens is 1. The molecular weight excluding hydrogens is 510 g/mol. The molecule has 4 aromatic rings. The molecular formula is C32H32ClN3O3. The van der Waals surface area contributed by atoms with E-state index in [0.29, 0.717) is 41.5 Å². The van der Waals surface area contributed by atoms with Crippen LogP contribution in [0, 0.1) is 18.3 Å². The van der Waals surface area contributed by atoms with Crippen molar-refractivity contribution in [2.45, 2.75) is 38.9 Å². The lowest BCUT2D eigenvalue weighted by molar-refractivity contribution is 0.0897. The highest BCUT2D eigenvalue weighted by atomic mass is 35.5. The molecule has 6 nitrogen and oxygen atoms in total. The molecule has 1 amide bonds. The Morgan fingerprint density at radius 2 is 1.79 bits per heavy atom. The minimum absolute atomic E-state index is 0.175. The van der Waals surface area contributed by atoms with E-state index in [2.05, 4.69) is 54.8 Å². The van der Waals surface area contributed by atoms with Crippen molar-refractivity contribution < 1.29 is 13.9 Å². The monoisotopic (exact) mass is 541 g/mol. The van der Waals surface area contributed by atoms with Gasteiger partial charge in [-0.15, -0.1) is 0 Å². The molecule has 1 heterocycles. The minimum Gasteiger partial charge on any atom is -0.460 e. The van der Waals surface area contributed by atoms with Gasteiger partial charge in [-0.3, -0.25) is 4.79 Å². The summed E-state index contributed by atoms with van der Waals surface area (Å²) in [6.45, 7) is 5.10. The van der Waals surface area contributed by atoms with Crippen LogP contribution in [0.5, 0.6) is 0 Å². The van der Waals surface area contributed by atoms with Crippen molar-refractivity contribution in [2.24, 2.45) is 0 Å². The summed E-state index contributed by atoms with van der Waals surface area (Å²) < 4.78 is 11.4. The molecule has 39 heavy (non-hydrogen) atoms. The molecule has 0 unspecified atom stereocenters. The zero-order valence-corrected chi connectivity index (χ0v) is 23.1. The number of carbonyl (C=O) groups excluding carboxylic acids is 1. The summed E-state index contributed by atoms with van der Waals surface area (Å²) in [5.74, 6) is 1.16. The molecule has 0 spiro atoms. The number of nitrogens with one attached hydrogen (secondary N) is 2. The van der Waals surface area contributed by atoms with E-state index < -0.39 is 0 Å². The predicted molar refractivity (Wildman–Crippen MR) is 154 cm³/mol. The second-order valence-electron chi connectivity index (χ2n) is 9.61. The van der Waals surface area contributed by atoms with Crippen LogP contribution in [-0.2, 0) is 17.7 Å². The SMILES string of the molecule is COC[C@@H](Cc1ccc(C#N)cc1)NC(=O)c1cc(-c2ccc(CN[C@H](C)c3ccc(C)cc3)o2)ccc1Cl. The summed E-state index contributed by atoms with van der Waals surface area (Å²) in [6.07, 6.45) is 0.554. The molecule has 1 aromatic heterocycles. The molecule has 0 bridgehead atoms. The maximum atomic E-state index is 13.2. The fourth-order valence-electron chi connectivity index (χ4n) is 4.32. The second-order valence-corrected chi connectivity index (χ2v) is 10.0. The smallest absolute Gasteiger partial charge is 0.253 e. The summed E-state index contributed by atoms with van der Waals surface area (Å²) in [4.78, 5) is 13.2. The van der Waals surface area contributed by atoms with E-state index in [9.17, 15) is 4.79 Å². The molecule has 0 aliphatic rings. The van der Waals surface area contributed by atoms with Crippen molar-refractivity contribution >= 4 is 17.5 Å². The number of rotatable bonds is 11. The lowest BCUT2D eigenvalue weighted by Crippen LogP contribution is -2.39. The number of nitrogens with zero attached hydrogens (tertiary/aromatic N) is 1. The first-order valence-corrected chi connectivity index (χ1v) is 13.2. The average Bonchev–Trinajstić information content (AvgIpc) is 3.42. The number of aryl methyl sites for hydroxylation is 1. The van der Waals surface area contributed by atoms with Crippen molar-refractivity contribution in [3.8, 4) is 17.4 Å². The first-order valence-electron chi connectivity index (χ1n) is 12.8. The zero-order valence-electron chi connectivity index (χ0n) is 22.3. The number of hydrogen-bond acceptors (Lipinski definition) is 5. The van der Waals surface area contributed by atoms with Gasteiger partial charge in [-0.1, -0.05) is 53.6 Å². The van der Waals surface area contributed by atoms with Crippen LogP contribution in [0.4, 0.5) is 0 Å². The Balaban J connectivity index is 1.42. The van der Waals surface area contributed by atoms with Crippen LogP contribution in [0.2, 0.25) is 5.02 Å². The fraction of sp³-hybridized carbons (Fsp3) is 0.250. The third kappa shape index (κ3) is 7.58. The number of nitriles is 1. The molecule has 4 rings (SSSR count). The van der Waals surface area contributed by atoms with E-state index >= 15 is 0 Å². The molecule has 0 aliphatic heterocycles. The summed E-state index contributed by atoms with van der Waals surface area (Å²) in [5, 5.41) is 15.9. The lowest BCUT2D eigenvalue weighted by atomic mass is 10.0. The summed E-state index contributed by atoms with van der Waals surface area (Å²) in [5.41, 5.74) is 5.15. The van der Waals surface area contributed by atoms with Gasteiger partial charge in [0, 0.05) is 18.7 Å². The van der Waals surface area contributed by atoms with Crippen LogP contribution in [-0.4, -0.2) is 25.7 Å². The highest BCUT2D eigenvalue weighted by Gasteiger charge is 2.18. The molecule has 3 aromatic carbocycles. The normalized spacial score (nSPS) is 12.5. The van der Waals surface area contributed by atoms with Crippen molar-refractivity contribution in [1.29, 1.82) is 5.26 Å². The van der Waals surface area contributed by atoms with Gasteiger partial charge in [0.1, 0.15) is 11.5 Å². The third-order valence-corrected chi connectivity index (χ3v) is 6.91. The first-order chi connectivity index (χ1) is 18.9. The number of carbonyl (C=O) groups is 1. The molecule has 0 saturated heterocycles. The van der Waals surface area contributed by atoms with Crippen LogP contribution in [0.15, 0.2) is 83.3 Å². The van der Waals surface area contributed by atoms with E-state index in [0.717, 1.165) is 16.9 Å². The molecule has 0 radical (unpaired) electrons. The highest BCUT2D eigenvalue weighted by molar-refractivity contribution is 6.34. The highest BCUT2D eigenvalue weighted by Crippen LogP contribution is 2.27. The third-order valence-electron chi connectivity index (χ3n) is 6.59. The van der Waals surface area contributed by atoms with E-state index in [1.54, 1.807) is 31.4 Å². The maximum absolute atomic E-state index is 13.2. The van der Waals surface area contributed by atoms with Gasteiger partial charge in [0.05, 0.1) is 41.4 Å². The van der Waals surface area contributed by atoms with Gasteiger partial charge in [0.15, 0.2) is 0 Å². The Hall–Kier alpha value is -3.89. The van der Waals surface area contributed by atoms with Crippen LogP contribution in [0.1, 0.15) is 51.3 Å². The predicted octanol–water partition coefficient (Wildman–Crippen LogP) is 6.62.